The summed E-state index contributed by atoms with van der Waals surface area (Å²) in [6.45, 7) is 2.52. The number of benzene rings is 2. The van der Waals surface area contributed by atoms with Crippen molar-refractivity contribution < 1.29 is 19.1 Å². The van der Waals surface area contributed by atoms with E-state index in [0.717, 1.165) is 36.9 Å². The van der Waals surface area contributed by atoms with Gasteiger partial charge >= 0.3 is 0 Å². The molecule has 1 saturated carbocycles. The number of nitrogens with zero attached hydrogens (tertiary/aromatic N) is 4. The number of nitrogens with one attached hydrogen (secondary N) is 3. The molecule has 5 rings (SSSR count). The van der Waals surface area contributed by atoms with E-state index in [1.807, 2.05) is 24.3 Å². The first-order chi connectivity index (χ1) is 22.2. The number of carbonyl (C=O) groups is 3. The summed E-state index contributed by atoms with van der Waals surface area (Å²) in [5, 5.41) is 17.0. The molecule has 1 aliphatic carbocycles. The van der Waals surface area contributed by atoms with Crippen molar-refractivity contribution in [3.63, 3.8) is 0 Å². The summed E-state index contributed by atoms with van der Waals surface area (Å²) in [5.74, 6) is -0.139. The third-order valence-corrected chi connectivity index (χ3v) is 7.92. The van der Waals surface area contributed by atoms with E-state index < -0.39 is 5.91 Å². The predicted molar refractivity (Wildman–Crippen MR) is 178 cm³/mol. The van der Waals surface area contributed by atoms with Crippen molar-refractivity contribution in [2.24, 2.45) is 5.92 Å². The molecule has 1 fully saturated rings. The number of carbonyl (C=O) groups excluding carboxylic acids is 3. The van der Waals surface area contributed by atoms with Crippen LogP contribution in [0.4, 0.5) is 17.2 Å². The number of rotatable bonds is 12. The fourth-order valence-corrected chi connectivity index (χ4v) is 5.32. The van der Waals surface area contributed by atoms with Crippen molar-refractivity contribution in [1.82, 2.24) is 25.4 Å². The number of halogens is 1. The second-order valence-electron chi connectivity index (χ2n) is 11.1. The summed E-state index contributed by atoms with van der Waals surface area (Å²) in [5.41, 5.74) is 4.69. The van der Waals surface area contributed by atoms with Gasteiger partial charge in [0.05, 0.1) is 35.7 Å². The molecule has 0 aliphatic heterocycles. The van der Waals surface area contributed by atoms with E-state index >= 15 is 0 Å². The Labute approximate surface area is 272 Å². The molecule has 11 nitrogen and oxygen atoms in total. The Kier molecular flexibility index (Phi) is 10.1. The Morgan fingerprint density at radius 2 is 1.78 bits per heavy atom. The van der Waals surface area contributed by atoms with Crippen molar-refractivity contribution in [3.05, 3.63) is 88.3 Å². The molecule has 3 amide bonds. The molecule has 46 heavy (non-hydrogen) atoms. The Hall–Kier alpha value is -5.03. The topological polar surface area (TPSA) is 138 Å². The minimum atomic E-state index is -0.460. The number of aryl methyl sites for hydroxylation is 1. The fourth-order valence-electron chi connectivity index (χ4n) is 5.06. The monoisotopic (exact) mass is 641 g/mol. The summed E-state index contributed by atoms with van der Waals surface area (Å²) < 4.78 is 5.82. The second kappa shape index (κ2) is 14.4. The lowest BCUT2D eigenvalue weighted by Crippen LogP contribution is -2.26. The van der Waals surface area contributed by atoms with Crippen molar-refractivity contribution in [1.29, 1.82) is 0 Å². The normalized spacial score (nSPS) is 12.3. The van der Waals surface area contributed by atoms with Crippen LogP contribution in [-0.4, -0.2) is 59.0 Å². The highest BCUT2D eigenvalue weighted by atomic mass is 35.5. The summed E-state index contributed by atoms with van der Waals surface area (Å²) in [4.78, 5) is 44.3. The van der Waals surface area contributed by atoms with Crippen molar-refractivity contribution >= 4 is 46.5 Å². The van der Waals surface area contributed by atoms with E-state index in [1.165, 1.54) is 19.7 Å². The largest absolute Gasteiger partial charge is 0.494 e. The van der Waals surface area contributed by atoms with Gasteiger partial charge in [-0.25, -0.2) is 0 Å². The Morgan fingerprint density at radius 3 is 2.46 bits per heavy atom. The zero-order chi connectivity index (χ0) is 32.8. The van der Waals surface area contributed by atoms with Gasteiger partial charge in [0.25, 0.3) is 11.8 Å². The molecule has 0 atom stereocenters. The number of hydrogen-bond acceptors (Lipinski definition) is 8. The zero-order valence-corrected chi connectivity index (χ0v) is 26.9. The van der Waals surface area contributed by atoms with Crippen LogP contribution >= 0.6 is 11.6 Å². The molecule has 0 radical (unpaired) electrons. The summed E-state index contributed by atoms with van der Waals surface area (Å²) in [6, 6.07) is 16.1. The molecule has 1 aliphatic rings. The molecular formula is C34H36ClN7O4. The van der Waals surface area contributed by atoms with Crippen LogP contribution in [0.25, 0.3) is 11.1 Å². The number of aromatic nitrogens is 3. The van der Waals surface area contributed by atoms with Crippen LogP contribution in [0.2, 0.25) is 5.02 Å². The Bertz CT molecular complexity index is 1760. The van der Waals surface area contributed by atoms with Crippen LogP contribution in [0.15, 0.2) is 60.8 Å². The summed E-state index contributed by atoms with van der Waals surface area (Å²) in [6.07, 6.45) is 5.46. The van der Waals surface area contributed by atoms with Crippen LogP contribution in [0.1, 0.15) is 58.3 Å². The average Bonchev–Trinajstić information content (AvgIpc) is 3.91. The third-order valence-electron chi connectivity index (χ3n) is 7.60. The van der Waals surface area contributed by atoms with Gasteiger partial charge in [-0.3, -0.25) is 19.4 Å². The van der Waals surface area contributed by atoms with Crippen LogP contribution in [0, 0.1) is 5.92 Å². The standard InChI is InChI=1S/C34H36ClN7O4/c1-5-6-20-15-16-37-24(17-20)19-42(3)34(45)23-11-7-21(8-12-23)29-25(35)13-14-26(31(29)46-4)38-27-18-28(39-32(43)22-9-10-22)40-41-30(27)33(44)36-2/h7-8,11-18,22H,5-6,9-10,19H2,1-4H3,(H,36,44)(H2,38,39,40,43). The van der Waals surface area contributed by atoms with Crippen molar-refractivity contribution in [2.75, 3.05) is 31.8 Å². The number of amides is 3. The smallest absolute Gasteiger partial charge is 0.273 e. The first kappa shape index (κ1) is 32.4. The molecule has 4 aromatic rings. The fraction of sp³-hybridized carbons (Fsp3) is 0.294. The van der Waals surface area contributed by atoms with Crippen LogP contribution < -0.4 is 20.7 Å². The first-order valence-corrected chi connectivity index (χ1v) is 15.4. The molecule has 2 heterocycles. The lowest BCUT2D eigenvalue weighted by atomic mass is 10.0. The van der Waals surface area contributed by atoms with Gasteiger partial charge in [-0.1, -0.05) is 37.1 Å². The van der Waals surface area contributed by atoms with Crippen molar-refractivity contribution in [3.8, 4) is 16.9 Å². The van der Waals surface area contributed by atoms with Gasteiger partial charge in [0.15, 0.2) is 17.3 Å². The quantitative estimate of drug-likeness (QED) is 0.174. The first-order valence-electron chi connectivity index (χ1n) is 15.1. The highest BCUT2D eigenvalue weighted by Crippen LogP contribution is 2.43. The number of ether oxygens (including phenoxy) is 1. The molecule has 12 heteroatoms. The Balaban J connectivity index is 1.40. The highest BCUT2D eigenvalue weighted by molar-refractivity contribution is 6.34. The van der Waals surface area contributed by atoms with Crippen molar-refractivity contribution in [2.45, 2.75) is 39.2 Å². The summed E-state index contributed by atoms with van der Waals surface area (Å²) >= 11 is 6.69. The van der Waals surface area contributed by atoms with E-state index in [-0.39, 0.29) is 29.2 Å². The predicted octanol–water partition coefficient (Wildman–Crippen LogP) is 5.88. The van der Waals surface area contributed by atoms with Gasteiger partial charge in [-0.05, 0) is 66.8 Å². The van der Waals surface area contributed by atoms with Gasteiger partial charge in [0.2, 0.25) is 5.91 Å². The van der Waals surface area contributed by atoms with Gasteiger partial charge in [0, 0.05) is 43.4 Å². The molecule has 238 valence electrons. The van der Waals surface area contributed by atoms with Crippen LogP contribution in [0.3, 0.4) is 0 Å². The molecule has 2 aromatic carbocycles. The molecular weight excluding hydrogens is 606 g/mol. The molecule has 0 bridgehead atoms. The molecule has 0 spiro atoms. The number of hydrogen-bond donors (Lipinski definition) is 3. The van der Waals surface area contributed by atoms with E-state index in [2.05, 4.69) is 38.1 Å². The third kappa shape index (κ3) is 7.43. The van der Waals surface area contributed by atoms with Gasteiger partial charge < -0.3 is 25.6 Å². The molecule has 0 unspecified atom stereocenters. The van der Waals surface area contributed by atoms with Gasteiger partial charge in [0.1, 0.15) is 0 Å². The Morgan fingerprint density at radius 1 is 1.02 bits per heavy atom. The maximum Gasteiger partial charge on any atom is 0.273 e. The van der Waals surface area contributed by atoms with Gasteiger partial charge in [-0.2, -0.15) is 0 Å². The zero-order valence-electron chi connectivity index (χ0n) is 26.2. The van der Waals surface area contributed by atoms with E-state index in [1.54, 1.807) is 48.5 Å². The van der Waals surface area contributed by atoms with Crippen LogP contribution in [0.5, 0.6) is 5.75 Å². The number of anilines is 3. The molecule has 3 N–H and O–H groups in total. The lowest BCUT2D eigenvalue weighted by Gasteiger charge is -2.19. The maximum atomic E-state index is 13.3. The van der Waals surface area contributed by atoms with E-state index in [4.69, 9.17) is 16.3 Å². The highest BCUT2D eigenvalue weighted by Gasteiger charge is 2.30. The molecule has 0 saturated heterocycles. The van der Waals surface area contributed by atoms with E-state index in [0.29, 0.717) is 39.8 Å². The van der Waals surface area contributed by atoms with E-state index in [9.17, 15) is 14.4 Å². The minimum Gasteiger partial charge on any atom is -0.494 e. The van der Waals surface area contributed by atoms with Crippen LogP contribution in [-0.2, 0) is 17.8 Å². The number of methoxy groups -OCH3 is 1. The van der Waals surface area contributed by atoms with Gasteiger partial charge in [-0.15, -0.1) is 10.2 Å². The summed E-state index contributed by atoms with van der Waals surface area (Å²) in [7, 11) is 4.76. The molecule has 2 aromatic heterocycles. The minimum absolute atomic E-state index is 0.0301. The average molecular weight is 642 g/mol. The maximum absolute atomic E-state index is 13.3. The number of pyridine rings is 1. The SMILES string of the molecule is CCCc1ccnc(CN(C)C(=O)c2ccc(-c3c(Cl)ccc(Nc4cc(NC(=O)C5CC5)nnc4C(=O)NC)c3OC)cc2)c1. The second-order valence-corrected chi connectivity index (χ2v) is 11.5. The lowest BCUT2D eigenvalue weighted by molar-refractivity contribution is -0.117.